The molecule has 0 saturated carbocycles. The van der Waals surface area contributed by atoms with Gasteiger partial charge in [-0.05, 0) is 125 Å². The molecule has 14 nitrogen and oxygen atoms in total. The van der Waals surface area contributed by atoms with E-state index in [0.717, 1.165) is 111 Å². The number of fused-ring (bicyclic) bond motifs is 2. The first-order valence-corrected chi connectivity index (χ1v) is 28.9. The standard InChI is InChI=1S/C61H84F2N10O4/c1-40-32-70(36-54(74)72-38-60(3,4)56-52(72)28-46(58(76)66-56)26-44-10-14-48(62)15-11-44)50(30-64-40)34-68-22-18-42(19-23-68)8-7-9-43-20-24-69(25-21-43)35-51-31-65-41(2)33-71(51)37-55(75)73-39-61(5,6)57-53(73)29-47(59(77)67-57)27-45-12-16-49(63)17-13-45/h10-17,28-29,40-43,50-51,64-65H,7-9,18-27,30-39H2,1-6H3,(H,66,76)(H,67,77)/t40-,41-,50-,51-/m1/s1. The van der Waals surface area contributed by atoms with Gasteiger partial charge in [-0.15, -0.1) is 0 Å². The van der Waals surface area contributed by atoms with Crippen molar-refractivity contribution in [1.82, 2.24) is 40.2 Å². The number of pyridine rings is 2. The van der Waals surface area contributed by atoms with Gasteiger partial charge in [0.25, 0.3) is 11.1 Å². The number of amides is 2. The van der Waals surface area contributed by atoms with Crippen LogP contribution < -0.4 is 31.6 Å². The predicted octanol–water partition coefficient (Wildman–Crippen LogP) is 6.39. The molecule has 0 bridgehead atoms. The molecule has 2 aromatic heterocycles. The summed E-state index contributed by atoms with van der Waals surface area (Å²) in [6, 6.07) is 17.2. The fourth-order valence-corrected chi connectivity index (χ4v) is 13.6. The fraction of sp³-hybridized carbons (Fsp3) is 0.607. The van der Waals surface area contributed by atoms with Gasteiger partial charge in [0, 0.05) is 123 Å². The van der Waals surface area contributed by atoms with Crippen LogP contribution >= 0.6 is 0 Å². The van der Waals surface area contributed by atoms with Crippen LogP contribution in [0.5, 0.6) is 0 Å². The van der Waals surface area contributed by atoms with Crippen LogP contribution in [0.3, 0.4) is 0 Å². The van der Waals surface area contributed by atoms with Crippen molar-refractivity contribution in [1.29, 1.82) is 0 Å². The van der Waals surface area contributed by atoms with Gasteiger partial charge in [0.2, 0.25) is 11.8 Å². The molecule has 6 aliphatic heterocycles. The van der Waals surface area contributed by atoms with Crippen LogP contribution in [0.25, 0.3) is 0 Å². The summed E-state index contributed by atoms with van der Waals surface area (Å²) in [4.78, 5) is 75.2. The number of likely N-dealkylation sites (tertiary alicyclic amines) is 2. The summed E-state index contributed by atoms with van der Waals surface area (Å²) < 4.78 is 27.3. The quantitative estimate of drug-likeness (QED) is 0.0998. The number of nitrogens with zero attached hydrogens (tertiary/aromatic N) is 6. The minimum absolute atomic E-state index is 0.0546. The van der Waals surface area contributed by atoms with Gasteiger partial charge in [-0.1, -0.05) is 71.2 Å². The molecule has 0 unspecified atom stereocenters. The minimum atomic E-state index is -0.395. The van der Waals surface area contributed by atoms with Gasteiger partial charge in [0.15, 0.2) is 0 Å². The summed E-state index contributed by atoms with van der Waals surface area (Å²) in [5.41, 5.74) is 4.84. The predicted molar refractivity (Wildman–Crippen MR) is 301 cm³/mol. The number of benzene rings is 2. The highest BCUT2D eigenvalue weighted by molar-refractivity contribution is 5.98. The number of H-pyrrole nitrogens is 2. The van der Waals surface area contributed by atoms with Gasteiger partial charge < -0.3 is 40.2 Å². The lowest BCUT2D eigenvalue weighted by molar-refractivity contribution is -0.121. The summed E-state index contributed by atoms with van der Waals surface area (Å²) in [7, 11) is 0. The highest BCUT2D eigenvalue weighted by Gasteiger charge is 2.43. The van der Waals surface area contributed by atoms with Crippen molar-refractivity contribution >= 4 is 23.2 Å². The molecule has 16 heteroatoms. The van der Waals surface area contributed by atoms with Crippen molar-refractivity contribution in [3.05, 3.63) is 127 Å². The lowest BCUT2D eigenvalue weighted by Gasteiger charge is -2.43. The Balaban J connectivity index is 0.661. The highest BCUT2D eigenvalue weighted by Crippen LogP contribution is 2.41. The second-order valence-electron chi connectivity index (χ2n) is 25.3. The number of aromatic amines is 2. The summed E-state index contributed by atoms with van der Waals surface area (Å²) in [5.74, 6) is 0.997. The maximum absolute atomic E-state index is 14.3. The third-order valence-electron chi connectivity index (χ3n) is 18.2. The largest absolute Gasteiger partial charge is 0.323 e. The van der Waals surface area contributed by atoms with Gasteiger partial charge >= 0.3 is 0 Å². The zero-order valence-electron chi connectivity index (χ0n) is 46.6. The molecule has 2 amide bonds. The monoisotopic (exact) mass is 1060 g/mol. The molecule has 8 heterocycles. The topological polar surface area (TPSA) is 143 Å². The van der Waals surface area contributed by atoms with Gasteiger partial charge in [0.05, 0.1) is 24.5 Å². The Hall–Kier alpha value is -5.10. The Kier molecular flexibility index (Phi) is 16.7. The molecule has 6 aliphatic rings. The van der Waals surface area contributed by atoms with E-state index in [-0.39, 0.29) is 58.7 Å². The highest BCUT2D eigenvalue weighted by atomic mass is 19.1. The van der Waals surface area contributed by atoms with Crippen LogP contribution in [0, 0.1) is 23.5 Å². The Bertz CT molecular complexity index is 2650. The van der Waals surface area contributed by atoms with E-state index in [1.54, 1.807) is 24.3 Å². The van der Waals surface area contributed by atoms with Gasteiger partial charge in [0.1, 0.15) is 11.6 Å². The molecule has 4 fully saturated rings. The number of carbonyl (C=O) groups is 2. The Morgan fingerprint density at radius 3 is 1.34 bits per heavy atom. The number of halogens is 2. The maximum Gasteiger partial charge on any atom is 0.251 e. The van der Waals surface area contributed by atoms with Crippen molar-refractivity contribution in [2.24, 2.45) is 11.8 Å². The molecule has 0 radical (unpaired) electrons. The zero-order chi connectivity index (χ0) is 54.2. The molecule has 4 aromatic rings. The number of piperazine rings is 2. The number of piperidine rings is 2. The SMILES string of the molecule is C[C@@H]1CN(CC(=O)N2CC(C)(C)c3[nH]c(=O)c(Cc4ccc(F)cc4)cc32)[C@@H](CN2CCC(CCCC3CCN(C[C@H]4CN[C@H](C)CN4CC(=O)N4CC(C)(C)c5[nH]c(=O)c(Cc6ccc(F)cc6)cc54)CC3)CC2)CN1. The molecular weight excluding hydrogens is 975 g/mol. The van der Waals surface area contributed by atoms with Crippen LogP contribution in [0.2, 0.25) is 0 Å². The molecule has 4 atom stereocenters. The van der Waals surface area contributed by atoms with Crippen LogP contribution in [0.15, 0.2) is 70.3 Å². The van der Waals surface area contributed by atoms with E-state index in [0.29, 0.717) is 50.1 Å². The third-order valence-corrected chi connectivity index (χ3v) is 18.2. The van der Waals surface area contributed by atoms with E-state index in [1.165, 1.54) is 69.2 Å². The van der Waals surface area contributed by atoms with Crippen molar-refractivity contribution in [2.45, 2.75) is 134 Å². The van der Waals surface area contributed by atoms with Gasteiger partial charge in [-0.3, -0.25) is 29.0 Å². The molecule has 0 aliphatic carbocycles. The van der Waals surface area contributed by atoms with Gasteiger partial charge in [-0.25, -0.2) is 8.78 Å². The van der Waals surface area contributed by atoms with E-state index >= 15 is 0 Å². The molecule has 2 aromatic carbocycles. The van der Waals surface area contributed by atoms with E-state index in [4.69, 9.17) is 0 Å². The smallest absolute Gasteiger partial charge is 0.251 e. The van der Waals surface area contributed by atoms with Crippen molar-refractivity contribution in [2.75, 3.05) is 101 Å². The normalized spacial score (nSPS) is 24.6. The zero-order valence-corrected chi connectivity index (χ0v) is 46.6. The Morgan fingerprint density at radius 2 is 0.961 bits per heavy atom. The van der Waals surface area contributed by atoms with Crippen LogP contribution in [-0.4, -0.2) is 157 Å². The molecule has 77 heavy (non-hydrogen) atoms. The molecule has 4 N–H and O–H groups in total. The molecule has 4 saturated heterocycles. The Morgan fingerprint density at radius 1 is 0.584 bits per heavy atom. The van der Waals surface area contributed by atoms with Crippen LogP contribution in [-0.2, 0) is 33.3 Å². The first kappa shape index (κ1) is 55.2. The van der Waals surface area contributed by atoms with E-state index < -0.39 is 10.8 Å². The molecule has 416 valence electrons. The number of rotatable bonds is 16. The number of hydrogen-bond acceptors (Lipinski definition) is 10. The number of carbonyl (C=O) groups excluding carboxylic acids is 2. The fourth-order valence-electron chi connectivity index (χ4n) is 13.6. The van der Waals surface area contributed by atoms with Crippen molar-refractivity contribution in [3.63, 3.8) is 0 Å². The lowest BCUT2D eigenvalue weighted by atomic mass is 9.86. The summed E-state index contributed by atoms with van der Waals surface area (Å²) in [6.45, 7) is 23.9. The maximum atomic E-state index is 14.3. The van der Waals surface area contributed by atoms with Crippen LogP contribution in [0.1, 0.15) is 120 Å². The van der Waals surface area contributed by atoms with E-state index in [1.807, 2.05) is 21.9 Å². The number of hydrogen-bond donors (Lipinski definition) is 4. The second-order valence-corrected chi connectivity index (χ2v) is 25.3. The van der Waals surface area contributed by atoms with Crippen LogP contribution in [0.4, 0.5) is 20.2 Å². The first-order valence-electron chi connectivity index (χ1n) is 28.9. The lowest BCUT2D eigenvalue weighted by Crippen LogP contribution is -2.61. The van der Waals surface area contributed by atoms with Crippen molar-refractivity contribution < 1.29 is 18.4 Å². The molecular formula is C61H84F2N10O4. The van der Waals surface area contributed by atoms with E-state index in [2.05, 4.69) is 81.7 Å². The minimum Gasteiger partial charge on any atom is -0.323 e. The average Bonchev–Trinajstić information content (AvgIpc) is 3.81. The number of anilines is 2. The number of nitrogens with one attached hydrogen (secondary N) is 4. The summed E-state index contributed by atoms with van der Waals surface area (Å²) in [5, 5.41) is 7.39. The summed E-state index contributed by atoms with van der Waals surface area (Å²) in [6.07, 6.45) is 9.48. The number of aromatic nitrogens is 2. The van der Waals surface area contributed by atoms with Crippen molar-refractivity contribution in [3.8, 4) is 0 Å². The van der Waals surface area contributed by atoms with Gasteiger partial charge in [-0.2, -0.15) is 0 Å². The Labute approximate surface area is 454 Å². The molecule has 10 rings (SSSR count). The first-order chi connectivity index (χ1) is 36.8. The molecule has 0 spiro atoms. The third kappa shape index (κ3) is 13.0. The summed E-state index contributed by atoms with van der Waals surface area (Å²) >= 11 is 0. The van der Waals surface area contributed by atoms with E-state index in [9.17, 15) is 28.0 Å². The second kappa shape index (κ2) is 23.3. The average molecular weight is 1060 g/mol.